The first-order valence-electron chi connectivity index (χ1n) is 12.1. The minimum absolute atomic E-state index is 0.166. The normalized spacial score (nSPS) is 24.3. The summed E-state index contributed by atoms with van der Waals surface area (Å²) in [4.78, 5) is 27.3. The molecule has 3 rings (SSSR count). The van der Waals surface area contributed by atoms with Gasteiger partial charge in [0.1, 0.15) is 0 Å². The summed E-state index contributed by atoms with van der Waals surface area (Å²) >= 11 is 12.4. The van der Waals surface area contributed by atoms with Gasteiger partial charge in [0.15, 0.2) is 5.60 Å². The zero-order valence-electron chi connectivity index (χ0n) is 21.2. The molecule has 1 heterocycles. The number of aliphatic carboxylic acids is 1. The lowest BCUT2D eigenvalue weighted by atomic mass is 9.67. The van der Waals surface area contributed by atoms with E-state index in [4.69, 9.17) is 23.2 Å². The van der Waals surface area contributed by atoms with Crippen LogP contribution in [0, 0.1) is 5.41 Å². The van der Waals surface area contributed by atoms with E-state index in [2.05, 4.69) is 0 Å². The van der Waals surface area contributed by atoms with Crippen molar-refractivity contribution in [1.29, 1.82) is 0 Å². The standard InChI is InChI=1S/C28H30Cl2F3NO4/c1-4-21(12-13-27(3,38)28(31,32)33)34-24(17-8-10-19(29)11-9-17)22(18-6-5-7-20(30)14-18)15-26(2,25(34)37)16-23(35)36/h4-11,14,22,24,38H,12-13,15-16H2,1-3H3,(H,35,36)/b21-4+/t22?,24?,26-,27?/m1/s1. The van der Waals surface area contributed by atoms with Crippen LogP contribution < -0.4 is 0 Å². The van der Waals surface area contributed by atoms with Crippen molar-refractivity contribution < 1.29 is 33.0 Å². The van der Waals surface area contributed by atoms with Crippen LogP contribution in [0.3, 0.4) is 0 Å². The molecule has 206 valence electrons. The molecule has 3 unspecified atom stereocenters. The van der Waals surface area contributed by atoms with Gasteiger partial charge in [-0.1, -0.05) is 60.5 Å². The number of aliphatic hydroxyl groups is 1. The summed E-state index contributed by atoms with van der Waals surface area (Å²) in [5.74, 6) is -2.13. The summed E-state index contributed by atoms with van der Waals surface area (Å²) in [5.41, 5.74) is -2.66. The Balaban J connectivity index is 2.20. The van der Waals surface area contributed by atoms with Gasteiger partial charge in [-0.2, -0.15) is 13.2 Å². The molecule has 1 fully saturated rings. The Labute approximate surface area is 229 Å². The molecule has 0 aliphatic carbocycles. The van der Waals surface area contributed by atoms with Crippen molar-refractivity contribution in [2.24, 2.45) is 5.41 Å². The van der Waals surface area contributed by atoms with Crippen molar-refractivity contribution in [3.63, 3.8) is 0 Å². The Morgan fingerprint density at radius 2 is 1.76 bits per heavy atom. The summed E-state index contributed by atoms with van der Waals surface area (Å²) < 4.78 is 40.3. The fourth-order valence-corrected chi connectivity index (χ4v) is 5.39. The molecule has 10 heteroatoms. The molecule has 5 nitrogen and oxygen atoms in total. The Hall–Kier alpha value is -2.55. The number of alkyl halides is 3. The Kier molecular flexibility index (Phi) is 8.91. The number of amides is 1. The second-order valence-electron chi connectivity index (χ2n) is 10.2. The van der Waals surface area contributed by atoms with E-state index >= 15 is 0 Å². The SMILES string of the molecule is C/C=C(\CCC(C)(O)C(F)(F)F)N1C(=O)[C@@](C)(CC(=O)O)CC(c2cccc(Cl)c2)C1c1ccc(Cl)cc1. The number of benzene rings is 2. The van der Waals surface area contributed by atoms with Crippen molar-refractivity contribution >= 4 is 35.1 Å². The molecule has 0 spiro atoms. The lowest BCUT2D eigenvalue weighted by Gasteiger charge is -2.50. The van der Waals surface area contributed by atoms with Gasteiger partial charge in [0, 0.05) is 21.7 Å². The van der Waals surface area contributed by atoms with Crippen molar-refractivity contribution in [1.82, 2.24) is 4.90 Å². The van der Waals surface area contributed by atoms with Gasteiger partial charge in [-0.25, -0.2) is 0 Å². The van der Waals surface area contributed by atoms with E-state index in [1.54, 1.807) is 56.3 Å². The van der Waals surface area contributed by atoms with E-state index in [1.165, 1.54) is 11.0 Å². The minimum Gasteiger partial charge on any atom is -0.481 e. The summed E-state index contributed by atoms with van der Waals surface area (Å²) in [5, 5.41) is 20.7. The number of piperidine rings is 1. The Bertz CT molecular complexity index is 1210. The second-order valence-corrected chi connectivity index (χ2v) is 11.1. The van der Waals surface area contributed by atoms with Crippen molar-refractivity contribution in [3.05, 3.63) is 81.5 Å². The summed E-state index contributed by atoms with van der Waals surface area (Å²) in [6.45, 7) is 3.85. The zero-order valence-corrected chi connectivity index (χ0v) is 22.7. The smallest absolute Gasteiger partial charge is 0.416 e. The topological polar surface area (TPSA) is 77.8 Å². The van der Waals surface area contributed by atoms with Crippen LogP contribution in [0.5, 0.6) is 0 Å². The van der Waals surface area contributed by atoms with Crippen LogP contribution in [0.4, 0.5) is 13.2 Å². The van der Waals surface area contributed by atoms with Crippen molar-refractivity contribution in [3.8, 4) is 0 Å². The predicted molar refractivity (Wildman–Crippen MR) is 140 cm³/mol. The lowest BCUT2D eigenvalue weighted by molar-refractivity contribution is -0.255. The first kappa shape index (κ1) is 30.0. The molecule has 0 aromatic heterocycles. The molecule has 0 radical (unpaired) electrons. The van der Waals surface area contributed by atoms with Crippen LogP contribution >= 0.6 is 23.2 Å². The third-order valence-corrected chi connectivity index (χ3v) is 7.70. The number of hydrogen-bond donors (Lipinski definition) is 2. The molecular formula is C28H30Cl2F3NO4. The number of halogens is 5. The van der Waals surface area contributed by atoms with Crippen LogP contribution in [-0.4, -0.2) is 38.8 Å². The third-order valence-electron chi connectivity index (χ3n) is 7.22. The maximum Gasteiger partial charge on any atom is 0.416 e. The van der Waals surface area contributed by atoms with Gasteiger partial charge >= 0.3 is 12.1 Å². The van der Waals surface area contributed by atoms with E-state index in [0.29, 0.717) is 22.5 Å². The number of likely N-dealkylation sites (tertiary alicyclic amines) is 1. The van der Waals surface area contributed by atoms with Gasteiger partial charge in [0.05, 0.1) is 17.9 Å². The fourth-order valence-electron chi connectivity index (χ4n) is 5.07. The molecule has 38 heavy (non-hydrogen) atoms. The van der Waals surface area contributed by atoms with Crippen molar-refractivity contribution in [2.45, 2.75) is 70.2 Å². The summed E-state index contributed by atoms with van der Waals surface area (Å²) in [6.07, 6.45) is -4.60. The van der Waals surface area contributed by atoms with Crippen LogP contribution in [-0.2, 0) is 9.59 Å². The van der Waals surface area contributed by atoms with E-state index in [9.17, 15) is 33.0 Å². The van der Waals surface area contributed by atoms with Gasteiger partial charge in [-0.05, 0) is 68.5 Å². The van der Waals surface area contributed by atoms with Gasteiger partial charge in [0.2, 0.25) is 5.91 Å². The van der Waals surface area contributed by atoms with E-state index in [1.807, 2.05) is 6.07 Å². The molecule has 0 bridgehead atoms. The number of carbonyl (C=O) groups is 2. The third kappa shape index (κ3) is 6.35. The first-order chi connectivity index (χ1) is 17.6. The van der Waals surface area contributed by atoms with E-state index in [0.717, 1.165) is 5.56 Å². The second kappa shape index (κ2) is 11.3. The molecule has 2 aromatic carbocycles. The first-order valence-corrected chi connectivity index (χ1v) is 12.9. The highest BCUT2D eigenvalue weighted by Crippen LogP contribution is 2.53. The van der Waals surface area contributed by atoms with Gasteiger partial charge < -0.3 is 15.1 Å². The highest BCUT2D eigenvalue weighted by Gasteiger charge is 2.53. The molecule has 0 saturated carbocycles. The zero-order chi connectivity index (χ0) is 28.5. The summed E-state index contributed by atoms with van der Waals surface area (Å²) in [6, 6.07) is 13.1. The number of allylic oxidation sites excluding steroid dienone is 2. The van der Waals surface area contributed by atoms with E-state index in [-0.39, 0.29) is 18.5 Å². The Morgan fingerprint density at radius 1 is 1.13 bits per heavy atom. The lowest BCUT2D eigenvalue weighted by Crippen LogP contribution is -2.52. The van der Waals surface area contributed by atoms with Gasteiger partial charge in [0.25, 0.3) is 0 Å². The van der Waals surface area contributed by atoms with Crippen LogP contribution in [0.1, 0.15) is 69.5 Å². The van der Waals surface area contributed by atoms with Crippen LogP contribution in [0.15, 0.2) is 60.3 Å². The molecule has 1 aliphatic rings. The monoisotopic (exact) mass is 571 g/mol. The molecule has 1 amide bonds. The highest BCUT2D eigenvalue weighted by atomic mass is 35.5. The minimum atomic E-state index is -4.87. The molecule has 2 aromatic rings. The number of carbonyl (C=O) groups excluding carboxylic acids is 1. The molecule has 1 aliphatic heterocycles. The maximum atomic E-state index is 14.1. The molecular weight excluding hydrogens is 542 g/mol. The predicted octanol–water partition coefficient (Wildman–Crippen LogP) is 7.53. The van der Waals surface area contributed by atoms with Crippen molar-refractivity contribution in [2.75, 3.05) is 0 Å². The van der Waals surface area contributed by atoms with Crippen LogP contribution in [0.25, 0.3) is 0 Å². The number of carboxylic acid groups (broad SMARTS) is 1. The average molecular weight is 572 g/mol. The highest BCUT2D eigenvalue weighted by molar-refractivity contribution is 6.30. The number of carboxylic acids is 1. The molecule has 2 N–H and O–H groups in total. The largest absolute Gasteiger partial charge is 0.481 e. The number of nitrogens with zero attached hydrogens (tertiary/aromatic N) is 1. The number of rotatable bonds is 8. The van der Waals surface area contributed by atoms with Crippen LogP contribution in [0.2, 0.25) is 10.0 Å². The average Bonchev–Trinajstić information content (AvgIpc) is 2.81. The van der Waals surface area contributed by atoms with E-state index < -0.39 is 53.9 Å². The Morgan fingerprint density at radius 3 is 2.29 bits per heavy atom. The number of hydrogen-bond acceptors (Lipinski definition) is 3. The quantitative estimate of drug-likeness (QED) is 0.343. The van der Waals surface area contributed by atoms with Gasteiger partial charge in [-0.3, -0.25) is 9.59 Å². The van der Waals surface area contributed by atoms with Gasteiger partial charge in [-0.15, -0.1) is 0 Å². The molecule has 1 saturated heterocycles. The fraction of sp³-hybridized carbons (Fsp3) is 0.429. The summed E-state index contributed by atoms with van der Waals surface area (Å²) in [7, 11) is 0. The molecule has 4 atom stereocenters. The maximum absolute atomic E-state index is 14.1.